The van der Waals surface area contributed by atoms with Gasteiger partial charge in [0, 0.05) is 30.9 Å². The van der Waals surface area contributed by atoms with Crippen molar-refractivity contribution in [2.24, 2.45) is 0 Å². The Bertz CT molecular complexity index is 910. The summed E-state index contributed by atoms with van der Waals surface area (Å²) in [4.78, 5) is 27.8. The van der Waals surface area contributed by atoms with Crippen LogP contribution >= 0.6 is 0 Å². The van der Waals surface area contributed by atoms with Crippen LogP contribution < -0.4 is 4.90 Å². The first-order valence-electron chi connectivity index (χ1n) is 9.80. The molecule has 0 aromatic heterocycles. The van der Waals surface area contributed by atoms with E-state index in [1.165, 1.54) is 24.6 Å². The molecule has 1 atom stereocenters. The predicted octanol–water partition coefficient (Wildman–Crippen LogP) is 3.16. The van der Waals surface area contributed by atoms with Gasteiger partial charge in [-0.3, -0.25) is 9.59 Å². The third-order valence-electron chi connectivity index (χ3n) is 5.56. The quantitative estimate of drug-likeness (QED) is 0.802. The summed E-state index contributed by atoms with van der Waals surface area (Å²) in [7, 11) is 0. The summed E-state index contributed by atoms with van der Waals surface area (Å²) in [5.74, 6) is -2.12. The van der Waals surface area contributed by atoms with Crippen molar-refractivity contribution in [3.8, 4) is 5.75 Å². The van der Waals surface area contributed by atoms with Crippen LogP contribution in [0.5, 0.6) is 5.75 Å². The van der Waals surface area contributed by atoms with Gasteiger partial charge in [-0.1, -0.05) is 12.1 Å². The van der Waals surface area contributed by atoms with Crippen molar-refractivity contribution >= 4 is 17.9 Å². The van der Waals surface area contributed by atoms with Crippen molar-refractivity contribution < 1.29 is 23.8 Å². The SMILES string of the molecule is O=Cc1cc(C(=O)N2CCOC(c3ccc(N4CCCC4)cc3)C2)cc(F)c1O. The fourth-order valence-electron chi connectivity index (χ4n) is 3.93. The molecule has 4 rings (SSSR count). The summed E-state index contributed by atoms with van der Waals surface area (Å²) in [6.07, 6.45) is 2.50. The van der Waals surface area contributed by atoms with Crippen LogP contribution in [-0.4, -0.2) is 55.0 Å². The van der Waals surface area contributed by atoms with E-state index in [-0.39, 0.29) is 17.2 Å². The van der Waals surface area contributed by atoms with Crippen molar-refractivity contribution in [1.82, 2.24) is 4.90 Å². The molecule has 1 N–H and O–H groups in total. The van der Waals surface area contributed by atoms with E-state index in [1.807, 2.05) is 12.1 Å². The Morgan fingerprint density at radius 3 is 2.55 bits per heavy atom. The average molecular weight is 398 g/mol. The highest BCUT2D eigenvalue weighted by Crippen LogP contribution is 2.28. The van der Waals surface area contributed by atoms with Gasteiger partial charge in [-0.05, 0) is 42.7 Å². The molecule has 1 amide bonds. The van der Waals surface area contributed by atoms with Gasteiger partial charge in [0.1, 0.15) is 6.10 Å². The molecule has 1 unspecified atom stereocenters. The minimum Gasteiger partial charge on any atom is -0.504 e. The van der Waals surface area contributed by atoms with Crippen LogP contribution in [0, 0.1) is 5.82 Å². The highest BCUT2D eigenvalue weighted by atomic mass is 19.1. The molecule has 2 aromatic carbocycles. The lowest BCUT2D eigenvalue weighted by molar-refractivity contribution is -0.0228. The number of phenolic OH excluding ortho intramolecular Hbond substituents is 1. The van der Waals surface area contributed by atoms with Crippen LogP contribution in [0.15, 0.2) is 36.4 Å². The second-order valence-corrected chi connectivity index (χ2v) is 7.41. The lowest BCUT2D eigenvalue weighted by atomic mass is 10.0. The number of anilines is 1. The Hall–Kier alpha value is -2.93. The molecule has 2 aliphatic heterocycles. The predicted molar refractivity (Wildman–Crippen MR) is 106 cm³/mol. The summed E-state index contributed by atoms with van der Waals surface area (Å²) in [6.45, 7) is 3.23. The fraction of sp³-hybridized carbons (Fsp3) is 0.364. The van der Waals surface area contributed by atoms with E-state index < -0.39 is 17.5 Å². The van der Waals surface area contributed by atoms with E-state index in [2.05, 4.69) is 17.0 Å². The Morgan fingerprint density at radius 1 is 1.14 bits per heavy atom. The van der Waals surface area contributed by atoms with E-state index in [0.29, 0.717) is 26.0 Å². The van der Waals surface area contributed by atoms with E-state index in [9.17, 15) is 19.1 Å². The van der Waals surface area contributed by atoms with Crippen LogP contribution in [0.3, 0.4) is 0 Å². The van der Waals surface area contributed by atoms with Gasteiger partial charge in [-0.15, -0.1) is 0 Å². The molecule has 2 aliphatic rings. The number of amides is 1. The van der Waals surface area contributed by atoms with E-state index in [1.54, 1.807) is 4.90 Å². The molecular weight excluding hydrogens is 375 g/mol. The Morgan fingerprint density at radius 2 is 1.86 bits per heavy atom. The van der Waals surface area contributed by atoms with Gasteiger partial charge in [0.05, 0.1) is 18.7 Å². The first-order chi connectivity index (χ1) is 14.1. The number of morpholine rings is 1. The average Bonchev–Trinajstić information content (AvgIpc) is 3.30. The number of hydrogen-bond acceptors (Lipinski definition) is 5. The monoisotopic (exact) mass is 398 g/mol. The highest BCUT2D eigenvalue weighted by molar-refractivity contribution is 5.96. The number of halogens is 1. The zero-order chi connectivity index (χ0) is 20.4. The van der Waals surface area contributed by atoms with Gasteiger partial charge in [0.15, 0.2) is 17.9 Å². The van der Waals surface area contributed by atoms with Gasteiger partial charge < -0.3 is 19.6 Å². The number of benzene rings is 2. The second kappa shape index (κ2) is 8.21. The third-order valence-corrected chi connectivity index (χ3v) is 5.56. The van der Waals surface area contributed by atoms with E-state index in [4.69, 9.17) is 4.74 Å². The van der Waals surface area contributed by atoms with Gasteiger partial charge in [-0.2, -0.15) is 0 Å². The van der Waals surface area contributed by atoms with E-state index >= 15 is 0 Å². The fourth-order valence-corrected chi connectivity index (χ4v) is 3.93. The molecule has 0 saturated carbocycles. The molecule has 2 saturated heterocycles. The van der Waals surface area contributed by atoms with Crippen molar-refractivity contribution in [3.05, 3.63) is 58.9 Å². The summed E-state index contributed by atoms with van der Waals surface area (Å²) in [6, 6.07) is 10.4. The molecular formula is C22H23FN2O4. The van der Waals surface area contributed by atoms with Crippen LogP contribution in [-0.2, 0) is 4.74 Å². The Kier molecular flexibility index (Phi) is 5.49. The lowest BCUT2D eigenvalue weighted by Crippen LogP contribution is -2.42. The Balaban J connectivity index is 1.48. The van der Waals surface area contributed by atoms with Gasteiger partial charge in [0.2, 0.25) is 0 Å². The largest absolute Gasteiger partial charge is 0.504 e. The molecule has 2 fully saturated rings. The number of rotatable bonds is 4. The number of hydrogen-bond donors (Lipinski definition) is 1. The van der Waals surface area contributed by atoms with Crippen LogP contribution in [0.25, 0.3) is 0 Å². The molecule has 2 heterocycles. The molecule has 152 valence electrons. The Labute approximate surface area is 168 Å². The first-order valence-corrected chi connectivity index (χ1v) is 9.80. The van der Waals surface area contributed by atoms with E-state index in [0.717, 1.165) is 24.7 Å². The molecule has 0 spiro atoms. The maximum Gasteiger partial charge on any atom is 0.254 e. The molecule has 0 bridgehead atoms. The number of ether oxygens (including phenoxy) is 1. The van der Waals surface area contributed by atoms with Crippen molar-refractivity contribution in [1.29, 1.82) is 0 Å². The van der Waals surface area contributed by atoms with Crippen molar-refractivity contribution in [2.75, 3.05) is 37.7 Å². The van der Waals surface area contributed by atoms with Gasteiger partial charge >= 0.3 is 0 Å². The standard InChI is InChI=1S/C22H23FN2O4/c23-19-12-16(11-17(14-26)21(19)27)22(28)25-9-10-29-20(13-25)15-3-5-18(6-4-15)24-7-1-2-8-24/h3-6,11-12,14,20,27H,1-2,7-10,13H2. The zero-order valence-electron chi connectivity index (χ0n) is 16.0. The zero-order valence-corrected chi connectivity index (χ0v) is 16.0. The molecule has 0 radical (unpaired) electrons. The van der Waals surface area contributed by atoms with Gasteiger partial charge in [-0.25, -0.2) is 4.39 Å². The number of aromatic hydroxyl groups is 1. The highest BCUT2D eigenvalue weighted by Gasteiger charge is 2.27. The number of aldehydes is 1. The minimum absolute atomic E-state index is 0.0347. The maximum absolute atomic E-state index is 13.9. The summed E-state index contributed by atoms with van der Waals surface area (Å²) < 4.78 is 19.7. The van der Waals surface area contributed by atoms with Crippen LogP contribution in [0.1, 0.15) is 45.2 Å². The third kappa shape index (κ3) is 3.96. The topological polar surface area (TPSA) is 70.1 Å². The molecule has 6 nitrogen and oxygen atoms in total. The summed E-state index contributed by atoms with van der Waals surface area (Å²) in [5, 5.41) is 9.55. The number of phenols is 1. The smallest absolute Gasteiger partial charge is 0.254 e. The maximum atomic E-state index is 13.9. The molecule has 0 aliphatic carbocycles. The number of carbonyl (C=O) groups excluding carboxylic acids is 2. The van der Waals surface area contributed by atoms with Gasteiger partial charge in [0.25, 0.3) is 5.91 Å². The minimum atomic E-state index is -0.986. The molecule has 29 heavy (non-hydrogen) atoms. The second-order valence-electron chi connectivity index (χ2n) is 7.41. The number of nitrogens with zero attached hydrogens (tertiary/aromatic N) is 2. The molecule has 7 heteroatoms. The van der Waals surface area contributed by atoms with Crippen molar-refractivity contribution in [3.63, 3.8) is 0 Å². The van der Waals surface area contributed by atoms with Crippen molar-refractivity contribution in [2.45, 2.75) is 18.9 Å². The first kappa shape index (κ1) is 19.4. The van der Waals surface area contributed by atoms with Crippen LogP contribution in [0.2, 0.25) is 0 Å². The normalized spacial score (nSPS) is 19.4. The van der Waals surface area contributed by atoms with Crippen LogP contribution in [0.4, 0.5) is 10.1 Å². The lowest BCUT2D eigenvalue weighted by Gasteiger charge is -2.33. The summed E-state index contributed by atoms with van der Waals surface area (Å²) in [5.41, 5.74) is 1.97. The summed E-state index contributed by atoms with van der Waals surface area (Å²) >= 11 is 0. The number of carbonyl (C=O) groups is 2. The molecule has 2 aromatic rings.